The Morgan fingerprint density at radius 3 is 2.86 bits per heavy atom. The van der Waals surface area contributed by atoms with Crippen LogP contribution in [0.2, 0.25) is 0 Å². The molecule has 0 atom stereocenters. The van der Waals surface area contributed by atoms with E-state index in [1.165, 1.54) is 11.1 Å². The summed E-state index contributed by atoms with van der Waals surface area (Å²) in [7, 11) is 0. The van der Waals surface area contributed by atoms with E-state index in [-0.39, 0.29) is 0 Å². The van der Waals surface area contributed by atoms with Crippen LogP contribution >= 0.6 is 15.9 Å². The molecule has 1 aromatic carbocycles. The van der Waals surface area contributed by atoms with E-state index in [0.29, 0.717) is 11.9 Å². The Balaban J connectivity index is 1.47. The van der Waals surface area contributed by atoms with Gasteiger partial charge in [-0.2, -0.15) is 5.21 Å². The Bertz CT molecular complexity index is 960. The second kappa shape index (κ2) is 8.32. The van der Waals surface area contributed by atoms with Crippen molar-refractivity contribution < 1.29 is 0 Å². The predicted molar refractivity (Wildman–Crippen MR) is 110 cm³/mol. The highest BCUT2D eigenvalue weighted by Crippen LogP contribution is 2.27. The van der Waals surface area contributed by atoms with Crippen molar-refractivity contribution in [3.63, 3.8) is 0 Å². The lowest BCUT2D eigenvalue weighted by Gasteiger charge is -2.21. The Kier molecular flexibility index (Phi) is 5.63. The largest absolute Gasteiger partial charge is 0.298 e. The number of aromatic amines is 1. The summed E-state index contributed by atoms with van der Waals surface area (Å²) in [6.45, 7) is 7.05. The van der Waals surface area contributed by atoms with Crippen LogP contribution in [-0.2, 0) is 6.54 Å². The molecular weight excluding hydrogens is 420 g/mol. The van der Waals surface area contributed by atoms with Crippen LogP contribution in [0.4, 0.5) is 0 Å². The summed E-state index contributed by atoms with van der Waals surface area (Å²) in [6.07, 6.45) is 6.31. The maximum absolute atomic E-state index is 4.36. The van der Waals surface area contributed by atoms with Crippen molar-refractivity contribution in [1.82, 2.24) is 40.5 Å². The molecule has 0 unspecified atom stereocenters. The first-order chi connectivity index (χ1) is 13.6. The summed E-state index contributed by atoms with van der Waals surface area (Å²) in [4.78, 5) is 2.46. The molecule has 1 aliphatic heterocycles. The summed E-state index contributed by atoms with van der Waals surface area (Å²) < 4.78 is 2.92. The van der Waals surface area contributed by atoms with Gasteiger partial charge in [0.05, 0.1) is 6.20 Å². The van der Waals surface area contributed by atoms with Crippen molar-refractivity contribution in [2.45, 2.75) is 39.3 Å². The second-order valence-corrected chi connectivity index (χ2v) is 8.17. The number of nitrogens with one attached hydrogen (secondary N) is 1. The summed E-state index contributed by atoms with van der Waals surface area (Å²) in [5, 5.41) is 23.2. The van der Waals surface area contributed by atoms with Gasteiger partial charge in [0.2, 0.25) is 5.82 Å². The molecular formula is C19H23BrN8. The molecule has 1 N–H and O–H groups in total. The summed E-state index contributed by atoms with van der Waals surface area (Å²) in [5.41, 5.74) is 4.47. The van der Waals surface area contributed by atoms with Gasteiger partial charge in [0.15, 0.2) is 0 Å². The third kappa shape index (κ3) is 4.20. The number of nitrogens with zero attached hydrogens (tertiary/aromatic N) is 7. The standard InChI is InChI=1S/C19H23BrN8/c1-13(2)28-12-18(21-26-28)14-4-3-8-27(9-7-14)11-15-5-6-16(20)10-17(15)19-22-24-25-23-19/h4-6,10,12-13H,3,7-9,11H2,1-2H3,(H,22,23,24,25). The smallest absolute Gasteiger partial charge is 0.205 e. The van der Waals surface area contributed by atoms with E-state index < -0.39 is 0 Å². The monoisotopic (exact) mass is 442 g/mol. The lowest BCUT2D eigenvalue weighted by atomic mass is 10.1. The predicted octanol–water partition coefficient (Wildman–Crippen LogP) is 3.48. The summed E-state index contributed by atoms with van der Waals surface area (Å²) >= 11 is 3.54. The molecule has 3 aromatic rings. The van der Waals surface area contributed by atoms with E-state index in [0.717, 1.165) is 48.2 Å². The van der Waals surface area contributed by atoms with Gasteiger partial charge in [-0.15, -0.1) is 15.3 Å². The number of hydrogen-bond acceptors (Lipinski definition) is 6. The van der Waals surface area contributed by atoms with E-state index in [9.17, 15) is 0 Å². The van der Waals surface area contributed by atoms with Gasteiger partial charge in [-0.25, -0.2) is 4.68 Å². The molecule has 28 heavy (non-hydrogen) atoms. The highest BCUT2D eigenvalue weighted by Gasteiger charge is 2.17. The van der Waals surface area contributed by atoms with Gasteiger partial charge in [-0.3, -0.25) is 4.90 Å². The minimum Gasteiger partial charge on any atom is -0.298 e. The van der Waals surface area contributed by atoms with Crippen molar-refractivity contribution >= 4 is 21.5 Å². The molecule has 0 spiro atoms. The zero-order valence-electron chi connectivity index (χ0n) is 16.0. The van der Waals surface area contributed by atoms with Crippen molar-refractivity contribution in [2.24, 2.45) is 0 Å². The van der Waals surface area contributed by atoms with Crippen molar-refractivity contribution in [2.75, 3.05) is 13.1 Å². The molecule has 0 amide bonds. The minimum absolute atomic E-state index is 0.324. The number of hydrogen-bond donors (Lipinski definition) is 1. The molecule has 4 rings (SSSR count). The maximum Gasteiger partial charge on any atom is 0.205 e. The van der Waals surface area contributed by atoms with Gasteiger partial charge in [0, 0.05) is 35.7 Å². The number of H-pyrrole nitrogens is 1. The van der Waals surface area contributed by atoms with Gasteiger partial charge in [0.25, 0.3) is 0 Å². The van der Waals surface area contributed by atoms with Gasteiger partial charge in [-0.1, -0.05) is 33.3 Å². The molecule has 2 aromatic heterocycles. The molecule has 8 nitrogen and oxygen atoms in total. The Hall–Kier alpha value is -2.39. The second-order valence-electron chi connectivity index (χ2n) is 7.26. The van der Waals surface area contributed by atoms with Crippen LogP contribution in [0, 0.1) is 0 Å². The van der Waals surface area contributed by atoms with E-state index in [1.807, 2.05) is 10.7 Å². The van der Waals surface area contributed by atoms with Gasteiger partial charge < -0.3 is 0 Å². The van der Waals surface area contributed by atoms with Gasteiger partial charge in [0.1, 0.15) is 5.69 Å². The molecule has 0 aliphatic carbocycles. The van der Waals surface area contributed by atoms with Crippen LogP contribution in [0.25, 0.3) is 17.0 Å². The first-order valence-corrected chi connectivity index (χ1v) is 10.3. The Morgan fingerprint density at radius 2 is 2.11 bits per heavy atom. The first kappa shape index (κ1) is 18.9. The highest BCUT2D eigenvalue weighted by atomic mass is 79.9. The fourth-order valence-electron chi connectivity index (χ4n) is 3.39. The van der Waals surface area contributed by atoms with Gasteiger partial charge in [-0.05, 0) is 55.2 Å². The molecule has 0 radical (unpaired) electrons. The SMILES string of the molecule is CC(C)n1cc(C2=CCCN(Cc3ccc(Br)cc3-c3nn[nH]n3)CC2)nn1. The molecule has 9 heteroatoms. The third-order valence-electron chi connectivity index (χ3n) is 4.95. The van der Waals surface area contributed by atoms with Crippen LogP contribution in [0.1, 0.15) is 44.0 Å². The lowest BCUT2D eigenvalue weighted by molar-refractivity contribution is 0.282. The van der Waals surface area contributed by atoms with Crippen LogP contribution < -0.4 is 0 Å². The van der Waals surface area contributed by atoms with Crippen molar-refractivity contribution in [3.05, 3.63) is 46.2 Å². The van der Waals surface area contributed by atoms with E-state index in [2.05, 4.69) is 90.0 Å². The molecule has 0 saturated carbocycles. The average Bonchev–Trinajstić information content (AvgIpc) is 3.33. The topological polar surface area (TPSA) is 88.4 Å². The van der Waals surface area contributed by atoms with Crippen molar-refractivity contribution in [1.29, 1.82) is 0 Å². The number of halogens is 1. The van der Waals surface area contributed by atoms with Crippen LogP contribution in [0.15, 0.2) is 34.9 Å². The lowest BCUT2D eigenvalue weighted by Crippen LogP contribution is -2.24. The maximum atomic E-state index is 4.36. The molecule has 3 heterocycles. The number of aromatic nitrogens is 7. The third-order valence-corrected chi connectivity index (χ3v) is 5.45. The molecule has 0 saturated heterocycles. The molecule has 0 bridgehead atoms. The molecule has 0 fully saturated rings. The molecule has 146 valence electrons. The van der Waals surface area contributed by atoms with E-state index in [1.54, 1.807) is 0 Å². The number of tetrazole rings is 1. The summed E-state index contributed by atoms with van der Waals surface area (Å²) in [6, 6.07) is 6.56. The number of benzene rings is 1. The highest BCUT2D eigenvalue weighted by molar-refractivity contribution is 9.10. The zero-order chi connectivity index (χ0) is 19.5. The van der Waals surface area contributed by atoms with Crippen molar-refractivity contribution in [3.8, 4) is 11.4 Å². The van der Waals surface area contributed by atoms with Crippen LogP contribution in [0.3, 0.4) is 0 Å². The Labute approximate surface area is 172 Å². The fraction of sp³-hybridized carbons (Fsp3) is 0.421. The normalized spacial score (nSPS) is 15.6. The first-order valence-electron chi connectivity index (χ1n) is 9.46. The van der Waals surface area contributed by atoms with Gasteiger partial charge >= 0.3 is 0 Å². The summed E-state index contributed by atoms with van der Waals surface area (Å²) in [5.74, 6) is 0.621. The van der Waals surface area contributed by atoms with E-state index in [4.69, 9.17) is 0 Å². The minimum atomic E-state index is 0.324. The fourth-order valence-corrected chi connectivity index (χ4v) is 3.75. The zero-order valence-corrected chi connectivity index (χ0v) is 17.6. The Morgan fingerprint density at radius 1 is 1.21 bits per heavy atom. The van der Waals surface area contributed by atoms with Crippen LogP contribution in [0.5, 0.6) is 0 Å². The van der Waals surface area contributed by atoms with E-state index >= 15 is 0 Å². The molecule has 1 aliphatic rings. The average molecular weight is 443 g/mol. The quantitative estimate of drug-likeness (QED) is 0.650. The number of rotatable bonds is 5. The van der Waals surface area contributed by atoms with Crippen LogP contribution in [-0.4, -0.2) is 53.6 Å².